The summed E-state index contributed by atoms with van der Waals surface area (Å²) in [4.78, 5) is 62.2. The van der Waals surface area contributed by atoms with Crippen molar-refractivity contribution in [1.82, 2.24) is 10.4 Å². The molecular formula is C31H43N3O11. The van der Waals surface area contributed by atoms with E-state index in [1.807, 2.05) is 0 Å². The smallest absolute Gasteiger partial charge is 0.508 e. The van der Waals surface area contributed by atoms with Crippen molar-refractivity contribution >= 4 is 30.1 Å². The number of rotatable bonds is 11. The van der Waals surface area contributed by atoms with Crippen LogP contribution >= 0.6 is 0 Å². The van der Waals surface area contributed by atoms with Gasteiger partial charge >= 0.3 is 24.2 Å². The van der Waals surface area contributed by atoms with Crippen molar-refractivity contribution in [2.24, 2.45) is 5.73 Å². The summed E-state index contributed by atoms with van der Waals surface area (Å²) >= 11 is 0. The van der Waals surface area contributed by atoms with Crippen molar-refractivity contribution in [2.45, 2.75) is 84.6 Å². The van der Waals surface area contributed by atoms with E-state index in [0.717, 1.165) is 5.06 Å². The molecule has 0 bridgehead atoms. The fourth-order valence-electron chi connectivity index (χ4n) is 3.57. The summed E-state index contributed by atoms with van der Waals surface area (Å²) in [6.07, 6.45) is -1.56. The molecule has 14 nitrogen and oxygen atoms in total. The number of amides is 2. The van der Waals surface area contributed by atoms with Crippen LogP contribution in [-0.2, 0) is 36.7 Å². The second kappa shape index (κ2) is 16.9. The van der Waals surface area contributed by atoms with Crippen molar-refractivity contribution in [3.05, 3.63) is 65.2 Å². The third-order valence-electron chi connectivity index (χ3n) is 5.56. The molecule has 0 unspecified atom stereocenters. The largest absolute Gasteiger partial charge is 0.528 e. The van der Waals surface area contributed by atoms with E-state index in [9.17, 15) is 39.3 Å². The number of aliphatic carboxylic acids is 2. The van der Waals surface area contributed by atoms with Crippen molar-refractivity contribution < 1.29 is 53.6 Å². The molecule has 0 heterocycles. The number of ether oxygens (including phenoxy) is 2. The fourth-order valence-corrected chi connectivity index (χ4v) is 3.57. The highest BCUT2D eigenvalue weighted by atomic mass is 16.8. The maximum atomic E-state index is 11.7. The number of likely N-dealkylation sites (N-methyl/N-ethyl adjacent to an activating group) is 1. The van der Waals surface area contributed by atoms with E-state index in [2.05, 4.69) is 5.32 Å². The number of nitrogens with one attached hydrogen (secondary N) is 1. The molecule has 0 saturated carbocycles. The summed E-state index contributed by atoms with van der Waals surface area (Å²) in [5.41, 5.74) is 5.36. The number of phenols is 1. The fraction of sp³-hybridized carbons (Fsp3) is 0.452. The van der Waals surface area contributed by atoms with Gasteiger partial charge in [0.2, 0.25) is 5.91 Å². The lowest BCUT2D eigenvalue weighted by molar-refractivity contribution is -0.182. The highest BCUT2D eigenvalue weighted by Crippen LogP contribution is 2.16. The minimum Gasteiger partial charge on any atom is -0.508 e. The van der Waals surface area contributed by atoms with Crippen LogP contribution in [0.15, 0.2) is 48.5 Å². The Hall–Kier alpha value is -4.85. The van der Waals surface area contributed by atoms with Crippen LogP contribution in [-0.4, -0.2) is 80.3 Å². The molecule has 14 heteroatoms. The van der Waals surface area contributed by atoms with Crippen LogP contribution in [0.2, 0.25) is 0 Å². The normalized spacial score (nSPS) is 12.5. The van der Waals surface area contributed by atoms with E-state index < -0.39 is 53.4 Å². The minimum absolute atomic E-state index is 0.0631. The molecule has 0 spiro atoms. The average Bonchev–Trinajstić information content (AvgIpc) is 2.89. The highest BCUT2D eigenvalue weighted by Gasteiger charge is 2.30. The molecule has 0 aromatic heterocycles. The molecule has 0 aliphatic heterocycles. The van der Waals surface area contributed by atoms with Gasteiger partial charge in [-0.05, 0) is 83.9 Å². The predicted octanol–water partition coefficient (Wildman–Crippen LogP) is 3.88. The number of carboxylic acid groups (broad SMARTS) is 2. The zero-order chi connectivity index (χ0) is 34.5. The van der Waals surface area contributed by atoms with Crippen LogP contribution in [0.1, 0.15) is 70.0 Å². The van der Waals surface area contributed by atoms with Gasteiger partial charge in [-0.2, -0.15) is 0 Å². The van der Waals surface area contributed by atoms with Crippen LogP contribution in [0.4, 0.5) is 9.59 Å². The molecule has 248 valence electrons. The van der Waals surface area contributed by atoms with E-state index >= 15 is 0 Å². The molecule has 0 aliphatic rings. The Balaban J connectivity index is 0.000000450. The number of phenolic OH excluding ortho intramolecular Hbond substituents is 1. The van der Waals surface area contributed by atoms with E-state index in [1.165, 1.54) is 24.3 Å². The van der Waals surface area contributed by atoms with E-state index in [1.54, 1.807) is 72.7 Å². The number of hydrogen-bond donors (Lipinski definition) is 5. The molecular weight excluding hydrogens is 590 g/mol. The number of aromatic hydroxyl groups is 1. The monoisotopic (exact) mass is 633 g/mol. The maximum Gasteiger partial charge on any atom is 0.528 e. The Morgan fingerprint density at radius 2 is 1.29 bits per heavy atom. The molecule has 0 radical (unpaired) electrons. The van der Waals surface area contributed by atoms with Gasteiger partial charge in [0.1, 0.15) is 29.0 Å². The number of nitrogens with zero attached hydrogens (tertiary/aromatic N) is 1. The Bertz CT molecular complexity index is 1300. The van der Waals surface area contributed by atoms with Gasteiger partial charge in [0, 0.05) is 24.9 Å². The van der Waals surface area contributed by atoms with Crippen LogP contribution < -0.4 is 11.1 Å². The zero-order valence-corrected chi connectivity index (χ0v) is 26.5. The number of hydrogen-bond acceptors (Lipinski definition) is 10. The van der Waals surface area contributed by atoms with Gasteiger partial charge in [0.15, 0.2) is 0 Å². The van der Waals surface area contributed by atoms with Crippen LogP contribution in [0.3, 0.4) is 0 Å². The predicted molar refractivity (Wildman–Crippen MR) is 162 cm³/mol. The minimum atomic E-state index is -1.18. The Labute approximate surface area is 262 Å². The number of alkyl carbamates (subject to hydrolysis) is 1. The van der Waals surface area contributed by atoms with Crippen molar-refractivity contribution in [2.75, 3.05) is 6.54 Å². The molecule has 2 atom stereocenters. The molecule has 6 N–H and O–H groups in total. The molecule has 2 amide bonds. The quantitative estimate of drug-likeness (QED) is 0.176. The van der Waals surface area contributed by atoms with E-state index in [-0.39, 0.29) is 25.1 Å². The summed E-state index contributed by atoms with van der Waals surface area (Å²) in [6.45, 7) is 12.0. The molecule has 2 aromatic rings. The lowest BCUT2D eigenvalue weighted by atomic mass is 10.0. The SMILES string of the molecule is CC(C)(C)OC(=O)N[C@H](Cc1ccc(C(N)=O)cc1)C(=O)O.CCN(OC(=O)OC(C)(C)C)[C@H](Cc1ccc(O)cc1)C(=O)O. The zero-order valence-electron chi connectivity index (χ0n) is 26.5. The van der Waals surface area contributed by atoms with Gasteiger partial charge < -0.3 is 40.7 Å². The van der Waals surface area contributed by atoms with Gasteiger partial charge in [-0.25, -0.2) is 14.4 Å². The first-order valence-electron chi connectivity index (χ1n) is 14.0. The number of carbonyl (C=O) groups is 5. The first-order valence-corrected chi connectivity index (χ1v) is 14.0. The Morgan fingerprint density at radius 3 is 1.71 bits per heavy atom. The number of primary amides is 1. The summed E-state index contributed by atoms with van der Waals surface area (Å²) in [6, 6.07) is 10.2. The molecule has 0 aliphatic carbocycles. The van der Waals surface area contributed by atoms with Crippen LogP contribution in [0.5, 0.6) is 5.75 Å². The standard InChI is InChI=1S/C16H23NO6.C15H20N2O5/c1-5-17(23-15(21)22-16(2,3)4)13(14(19)20)10-11-6-8-12(18)9-7-11;1-15(2,3)22-14(21)17-11(13(19)20)8-9-4-6-10(7-5-9)12(16)18/h6-9,13,18H,5,10H2,1-4H3,(H,19,20);4-7,11H,8H2,1-3H3,(H2,16,18)(H,17,21)(H,19,20)/t13-;11-/m11/s1. The maximum absolute atomic E-state index is 11.7. The van der Waals surface area contributed by atoms with Gasteiger partial charge in [0.25, 0.3) is 0 Å². The average molecular weight is 634 g/mol. The van der Waals surface area contributed by atoms with Gasteiger partial charge in [0.05, 0.1) is 0 Å². The molecule has 0 saturated heterocycles. The number of hydroxylamine groups is 2. The van der Waals surface area contributed by atoms with E-state index in [0.29, 0.717) is 16.7 Å². The van der Waals surface area contributed by atoms with Crippen molar-refractivity contribution in [3.8, 4) is 5.75 Å². The highest BCUT2D eigenvalue weighted by molar-refractivity contribution is 5.92. The molecule has 2 rings (SSSR count). The second-order valence-corrected chi connectivity index (χ2v) is 11.8. The lowest BCUT2D eigenvalue weighted by Crippen LogP contribution is -2.44. The summed E-state index contributed by atoms with van der Waals surface area (Å²) in [5, 5.41) is 31.2. The third kappa shape index (κ3) is 15.4. The lowest BCUT2D eigenvalue weighted by Gasteiger charge is -2.27. The van der Waals surface area contributed by atoms with Gasteiger partial charge in [-0.1, -0.05) is 24.3 Å². The summed E-state index contributed by atoms with van der Waals surface area (Å²) in [7, 11) is 0. The summed E-state index contributed by atoms with van der Waals surface area (Å²) < 4.78 is 10.1. The van der Waals surface area contributed by atoms with Crippen LogP contribution in [0.25, 0.3) is 0 Å². The first kappa shape index (κ1) is 38.2. The number of nitrogens with two attached hydrogens (primary N) is 1. The van der Waals surface area contributed by atoms with Crippen molar-refractivity contribution in [3.63, 3.8) is 0 Å². The summed E-state index contributed by atoms with van der Waals surface area (Å²) in [5.74, 6) is -2.76. The third-order valence-corrected chi connectivity index (χ3v) is 5.56. The first-order chi connectivity index (χ1) is 20.7. The number of benzene rings is 2. The van der Waals surface area contributed by atoms with Gasteiger partial charge in [-0.15, -0.1) is 5.06 Å². The second-order valence-electron chi connectivity index (χ2n) is 11.8. The topological polar surface area (TPSA) is 215 Å². The molecule has 0 fully saturated rings. The number of carboxylic acids is 2. The molecule has 45 heavy (non-hydrogen) atoms. The Morgan fingerprint density at radius 1 is 0.800 bits per heavy atom. The number of carbonyl (C=O) groups excluding carboxylic acids is 3. The Kier molecular flexibility index (Phi) is 14.3. The van der Waals surface area contributed by atoms with Crippen molar-refractivity contribution in [1.29, 1.82) is 0 Å². The van der Waals surface area contributed by atoms with Gasteiger partial charge in [-0.3, -0.25) is 9.59 Å². The van der Waals surface area contributed by atoms with Crippen LogP contribution in [0, 0.1) is 0 Å². The van der Waals surface area contributed by atoms with E-state index in [4.69, 9.17) is 20.0 Å². The molecule has 2 aromatic carbocycles.